The molecule has 32 heavy (non-hydrogen) atoms. The fraction of sp³-hybridized carbons (Fsp3) is 0.231. The number of nitrogens with zero attached hydrogens (tertiary/aromatic N) is 3. The fourth-order valence-corrected chi connectivity index (χ4v) is 4.61. The number of fused-ring (bicyclic) bond motifs is 1. The molecular weight excluding hydrogens is 422 g/mol. The smallest absolute Gasteiger partial charge is 0.227 e. The van der Waals surface area contributed by atoms with Gasteiger partial charge in [0.05, 0.1) is 25.3 Å². The van der Waals surface area contributed by atoms with Crippen LogP contribution < -0.4 is 9.47 Å². The molecule has 6 heteroatoms. The molecular formula is C26H24ClN3O2. The molecule has 0 atom stereocenters. The molecule has 0 saturated carbocycles. The van der Waals surface area contributed by atoms with E-state index in [4.69, 9.17) is 31.2 Å². The van der Waals surface area contributed by atoms with Crippen LogP contribution in [0.5, 0.6) is 11.6 Å². The first kappa shape index (κ1) is 20.6. The van der Waals surface area contributed by atoms with Crippen molar-refractivity contribution in [3.05, 3.63) is 71.4 Å². The highest BCUT2D eigenvalue weighted by Crippen LogP contribution is 2.42. The van der Waals surface area contributed by atoms with Gasteiger partial charge in [-0.3, -0.25) is 0 Å². The predicted molar refractivity (Wildman–Crippen MR) is 128 cm³/mol. The van der Waals surface area contributed by atoms with Crippen LogP contribution in [-0.2, 0) is 0 Å². The Labute approximate surface area is 192 Å². The number of aromatic nitrogens is 3. The summed E-state index contributed by atoms with van der Waals surface area (Å²) in [5, 5.41) is 5.38. The molecule has 5 nitrogen and oxygen atoms in total. The van der Waals surface area contributed by atoms with Crippen LogP contribution in [0.4, 0.5) is 0 Å². The van der Waals surface area contributed by atoms with Gasteiger partial charge in [0.15, 0.2) is 5.65 Å². The van der Waals surface area contributed by atoms with Crippen molar-refractivity contribution in [1.29, 1.82) is 0 Å². The van der Waals surface area contributed by atoms with Crippen molar-refractivity contribution >= 4 is 22.8 Å². The van der Waals surface area contributed by atoms with Gasteiger partial charge in [-0.25, -0.2) is 4.98 Å². The molecule has 162 valence electrons. The van der Waals surface area contributed by atoms with Crippen LogP contribution >= 0.6 is 11.6 Å². The van der Waals surface area contributed by atoms with Crippen LogP contribution in [0.25, 0.3) is 33.6 Å². The van der Waals surface area contributed by atoms with E-state index in [0.717, 1.165) is 53.0 Å². The molecule has 0 spiro atoms. The van der Waals surface area contributed by atoms with Gasteiger partial charge >= 0.3 is 0 Å². The van der Waals surface area contributed by atoms with Gasteiger partial charge in [-0.2, -0.15) is 9.61 Å². The van der Waals surface area contributed by atoms with Crippen molar-refractivity contribution in [2.75, 3.05) is 14.2 Å². The number of methoxy groups -OCH3 is 2. The second kappa shape index (κ2) is 8.67. The normalized spacial score (nSPS) is 13.8. The summed E-state index contributed by atoms with van der Waals surface area (Å²) < 4.78 is 13.0. The Balaban J connectivity index is 1.80. The van der Waals surface area contributed by atoms with E-state index in [1.807, 2.05) is 42.5 Å². The van der Waals surface area contributed by atoms with Crippen LogP contribution in [0.15, 0.2) is 60.7 Å². The molecule has 0 fully saturated rings. The first-order chi connectivity index (χ1) is 15.7. The number of ether oxygens (including phenoxy) is 2. The molecule has 0 unspecified atom stereocenters. The summed E-state index contributed by atoms with van der Waals surface area (Å²) >= 11 is 6.78. The van der Waals surface area contributed by atoms with Gasteiger partial charge in [0.25, 0.3) is 0 Å². The van der Waals surface area contributed by atoms with Gasteiger partial charge < -0.3 is 9.47 Å². The number of hydrogen-bond acceptors (Lipinski definition) is 4. The van der Waals surface area contributed by atoms with Crippen molar-refractivity contribution < 1.29 is 9.47 Å². The second-order valence-corrected chi connectivity index (χ2v) is 8.17. The minimum Gasteiger partial charge on any atom is -0.497 e. The van der Waals surface area contributed by atoms with Crippen LogP contribution in [0.1, 0.15) is 31.2 Å². The molecule has 2 aromatic heterocycles. The van der Waals surface area contributed by atoms with E-state index in [2.05, 4.69) is 18.2 Å². The lowest BCUT2D eigenvalue weighted by Crippen LogP contribution is -2.02. The molecule has 0 radical (unpaired) electrons. The highest BCUT2D eigenvalue weighted by atomic mass is 35.5. The summed E-state index contributed by atoms with van der Waals surface area (Å²) in [6.07, 6.45) is 6.75. The van der Waals surface area contributed by atoms with Gasteiger partial charge in [-0.15, -0.1) is 0 Å². The standard InChI is InChI=1S/C26H24ClN3O2/c1-31-20-15-13-18(14-16-20)22-24(27)28-25-21(17-9-5-3-6-10-17)23(19-11-7-4-8-12-19)29-30(25)26(22)32-2/h4,7-9,11-16H,3,5-6,10H2,1-2H3. The first-order valence-corrected chi connectivity index (χ1v) is 11.1. The highest BCUT2D eigenvalue weighted by Gasteiger charge is 2.26. The lowest BCUT2D eigenvalue weighted by molar-refractivity contribution is 0.387. The number of benzene rings is 2. The lowest BCUT2D eigenvalue weighted by atomic mass is 9.92. The third kappa shape index (κ3) is 3.53. The SMILES string of the molecule is COc1ccc(-c2c(Cl)nc3c(C4=CCCCC4)c(-c4ccccc4)nn3c2OC)cc1. The number of rotatable bonds is 5. The Morgan fingerprint density at radius 3 is 2.31 bits per heavy atom. The van der Waals surface area contributed by atoms with E-state index in [1.165, 1.54) is 12.0 Å². The molecule has 4 aromatic rings. The highest BCUT2D eigenvalue weighted by molar-refractivity contribution is 6.32. The van der Waals surface area contributed by atoms with Gasteiger partial charge in [0.2, 0.25) is 5.88 Å². The van der Waals surface area contributed by atoms with Gasteiger partial charge in [-0.1, -0.05) is 60.1 Å². The Hall–Kier alpha value is -3.31. The van der Waals surface area contributed by atoms with Gasteiger partial charge in [0.1, 0.15) is 16.6 Å². The van der Waals surface area contributed by atoms with E-state index >= 15 is 0 Å². The van der Waals surface area contributed by atoms with E-state index in [1.54, 1.807) is 18.7 Å². The van der Waals surface area contributed by atoms with E-state index in [0.29, 0.717) is 16.6 Å². The molecule has 1 aliphatic rings. The molecule has 0 amide bonds. The van der Waals surface area contributed by atoms with E-state index < -0.39 is 0 Å². The molecule has 5 rings (SSSR count). The van der Waals surface area contributed by atoms with Crippen molar-refractivity contribution in [2.24, 2.45) is 0 Å². The topological polar surface area (TPSA) is 48.7 Å². The van der Waals surface area contributed by atoms with Crippen molar-refractivity contribution in [2.45, 2.75) is 25.7 Å². The molecule has 2 heterocycles. The number of hydrogen-bond donors (Lipinski definition) is 0. The predicted octanol–water partition coefficient (Wildman–Crippen LogP) is 6.69. The Morgan fingerprint density at radius 1 is 0.875 bits per heavy atom. The summed E-state index contributed by atoms with van der Waals surface area (Å²) in [5.74, 6) is 1.33. The van der Waals surface area contributed by atoms with E-state index in [9.17, 15) is 0 Å². The van der Waals surface area contributed by atoms with Gasteiger partial charge in [-0.05, 0) is 49.0 Å². The Bertz CT molecular complexity index is 1290. The maximum Gasteiger partial charge on any atom is 0.227 e. The van der Waals surface area contributed by atoms with Crippen molar-refractivity contribution in [3.63, 3.8) is 0 Å². The van der Waals surface area contributed by atoms with Crippen LogP contribution in [0, 0.1) is 0 Å². The Kier molecular flexibility index (Phi) is 5.58. The average molecular weight is 446 g/mol. The average Bonchev–Trinajstić information content (AvgIpc) is 3.23. The molecule has 2 aromatic carbocycles. The number of allylic oxidation sites excluding steroid dienone is 2. The maximum atomic E-state index is 6.78. The van der Waals surface area contributed by atoms with Crippen molar-refractivity contribution in [1.82, 2.24) is 14.6 Å². The van der Waals surface area contributed by atoms with Crippen LogP contribution in [0.2, 0.25) is 5.15 Å². The summed E-state index contributed by atoms with van der Waals surface area (Å²) in [5.41, 5.74) is 6.56. The minimum atomic E-state index is 0.386. The summed E-state index contributed by atoms with van der Waals surface area (Å²) in [6, 6.07) is 17.9. The molecule has 0 aliphatic heterocycles. The first-order valence-electron chi connectivity index (χ1n) is 10.8. The van der Waals surface area contributed by atoms with Crippen LogP contribution in [0.3, 0.4) is 0 Å². The Morgan fingerprint density at radius 2 is 1.66 bits per heavy atom. The fourth-order valence-electron chi connectivity index (χ4n) is 4.34. The third-order valence-electron chi connectivity index (χ3n) is 5.91. The zero-order chi connectivity index (χ0) is 22.1. The minimum absolute atomic E-state index is 0.386. The summed E-state index contributed by atoms with van der Waals surface area (Å²) in [6.45, 7) is 0. The third-order valence-corrected chi connectivity index (χ3v) is 6.18. The molecule has 0 saturated heterocycles. The summed E-state index contributed by atoms with van der Waals surface area (Å²) in [4.78, 5) is 4.84. The monoisotopic (exact) mass is 445 g/mol. The quantitative estimate of drug-likeness (QED) is 0.321. The zero-order valence-corrected chi connectivity index (χ0v) is 18.9. The summed E-state index contributed by atoms with van der Waals surface area (Å²) in [7, 11) is 3.29. The maximum absolute atomic E-state index is 6.78. The lowest BCUT2D eigenvalue weighted by Gasteiger charge is -2.15. The van der Waals surface area contributed by atoms with E-state index in [-0.39, 0.29) is 0 Å². The largest absolute Gasteiger partial charge is 0.497 e. The van der Waals surface area contributed by atoms with Crippen molar-refractivity contribution in [3.8, 4) is 34.0 Å². The van der Waals surface area contributed by atoms with Crippen LogP contribution in [-0.4, -0.2) is 28.8 Å². The second-order valence-electron chi connectivity index (χ2n) is 7.82. The molecule has 0 bridgehead atoms. The van der Waals surface area contributed by atoms with Gasteiger partial charge in [0, 0.05) is 5.56 Å². The zero-order valence-electron chi connectivity index (χ0n) is 18.1. The molecule has 0 N–H and O–H groups in total. The molecule has 1 aliphatic carbocycles. The number of halogens is 1.